The van der Waals surface area contributed by atoms with Gasteiger partial charge in [0.05, 0.1) is 11.1 Å². The van der Waals surface area contributed by atoms with Crippen molar-refractivity contribution < 1.29 is 9.47 Å². The van der Waals surface area contributed by atoms with Gasteiger partial charge in [0.25, 0.3) is 0 Å². The minimum Gasteiger partial charge on any atom is -0.482 e. The van der Waals surface area contributed by atoms with Gasteiger partial charge in [-0.05, 0) is 33.6 Å². The Balaban J connectivity index is 1.87. The van der Waals surface area contributed by atoms with E-state index in [2.05, 4.69) is 33.4 Å². The van der Waals surface area contributed by atoms with Crippen LogP contribution in [0.4, 0.5) is 0 Å². The van der Waals surface area contributed by atoms with Crippen molar-refractivity contribution in [3.63, 3.8) is 0 Å². The van der Waals surface area contributed by atoms with E-state index in [9.17, 15) is 0 Å². The lowest BCUT2D eigenvalue weighted by molar-refractivity contribution is -0.0434. The lowest BCUT2D eigenvalue weighted by atomic mass is 10.0. The van der Waals surface area contributed by atoms with Gasteiger partial charge >= 0.3 is 0 Å². The molecule has 0 bridgehead atoms. The lowest BCUT2D eigenvalue weighted by Gasteiger charge is -2.31. The Hall–Kier alpha value is -1.36. The van der Waals surface area contributed by atoms with Crippen molar-refractivity contribution in [2.24, 2.45) is 0 Å². The van der Waals surface area contributed by atoms with E-state index in [0.717, 1.165) is 28.9 Å². The van der Waals surface area contributed by atoms with Gasteiger partial charge in [-0.15, -0.1) is 0 Å². The second-order valence-corrected chi connectivity index (χ2v) is 5.85. The molecule has 1 saturated heterocycles. The van der Waals surface area contributed by atoms with Gasteiger partial charge < -0.3 is 14.8 Å². The third-order valence-electron chi connectivity index (χ3n) is 3.51. The Morgan fingerprint density at radius 2 is 1.86 bits per heavy atom. The molecular formula is C17H18BrNO2. The number of ether oxygens (including phenoxy) is 2. The number of hydrogen-bond donors (Lipinski definition) is 1. The highest BCUT2D eigenvalue weighted by molar-refractivity contribution is 9.10. The monoisotopic (exact) mass is 343 g/mol. The zero-order chi connectivity index (χ0) is 14.5. The molecule has 21 heavy (non-hydrogen) atoms. The molecule has 1 fully saturated rings. The van der Waals surface area contributed by atoms with Crippen LogP contribution in [0.25, 0.3) is 0 Å². The number of para-hydroxylation sites is 1. The third kappa shape index (κ3) is 3.64. The lowest BCUT2D eigenvalue weighted by Crippen LogP contribution is -2.43. The average molecular weight is 343 g/mol. The van der Waals surface area contributed by atoms with Crippen molar-refractivity contribution in [3.8, 4) is 5.75 Å². The fraction of sp³-hybridized carbons (Fsp3) is 0.294. The van der Waals surface area contributed by atoms with E-state index in [1.807, 2.05) is 42.5 Å². The van der Waals surface area contributed by atoms with E-state index in [4.69, 9.17) is 9.47 Å². The van der Waals surface area contributed by atoms with E-state index in [1.165, 1.54) is 0 Å². The molecule has 0 unspecified atom stereocenters. The Kier molecular flexibility index (Phi) is 4.91. The van der Waals surface area contributed by atoms with Gasteiger partial charge in [-0.25, -0.2) is 0 Å². The molecule has 0 saturated carbocycles. The van der Waals surface area contributed by atoms with Crippen LogP contribution >= 0.6 is 15.9 Å². The number of morpholine rings is 1. The predicted molar refractivity (Wildman–Crippen MR) is 86.6 cm³/mol. The molecule has 2 aromatic rings. The summed E-state index contributed by atoms with van der Waals surface area (Å²) in [5.74, 6) is 0.834. The summed E-state index contributed by atoms with van der Waals surface area (Å²) in [6.45, 7) is 2.41. The van der Waals surface area contributed by atoms with E-state index in [1.54, 1.807) is 0 Å². The molecule has 4 heteroatoms. The Morgan fingerprint density at radius 3 is 2.57 bits per heavy atom. The van der Waals surface area contributed by atoms with Crippen LogP contribution in [0.2, 0.25) is 0 Å². The largest absolute Gasteiger partial charge is 0.482 e. The summed E-state index contributed by atoms with van der Waals surface area (Å²) in [6.07, 6.45) is -0.119. The molecule has 0 aliphatic carbocycles. The van der Waals surface area contributed by atoms with Crippen LogP contribution in [0.3, 0.4) is 0 Å². The van der Waals surface area contributed by atoms with Crippen molar-refractivity contribution in [3.05, 3.63) is 64.6 Å². The molecule has 2 aromatic carbocycles. The van der Waals surface area contributed by atoms with Crippen LogP contribution in [0.5, 0.6) is 5.75 Å². The maximum atomic E-state index is 6.26. The van der Waals surface area contributed by atoms with E-state index in [0.29, 0.717) is 6.61 Å². The standard InChI is InChI=1S/C17H18BrNO2/c18-14-8-4-5-9-15(14)21-17(13-6-2-1-3-7-13)16-12-19-10-11-20-16/h1-9,16-17,19H,10-12H2/t16-,17-/m1/s1/i18-5. The maximum Gasteiger partial charge on any atom is 0.151 e. The van der Waals surface area contributed by atoms with Gasteiger partial charge in [0.2, 0.25) is 0 Å². The van der Waals surface area contributed by atoms with Crippen molar-refractivity contribution in [1.82, 2.24) is 5.32 Å². The fourth-order valence-electron chi connectivity index (χ4n) is 2.46. The minimum absolute atomic E-state index is 0.00764. The van der Waals surface area contributed by atoms with Crippen molar-refractivity contribution in [2.45, 2.75) is 12.2 Å². The fourth-order valence-corrected chi connectivity index (χ4v) is 2.84. The van der Waals surface area contributed by atoms with Crippen LogP contribution in [0.1, 0.15) is 11.7 Å². The molecule has 0 aromatic heterocycles. The van der Waals surface area contributed by atoms with Gasteiger partial charge in [0.15, 0.2) is 6.10 Å². The molecule has 1 aliphatic rings. The molecule has 0 spiro atoms. The van der Waals surface area contributed by atoms with Gasteiger partial charge in [-0.3, -0.25) is 0 Å². The van der Waals surface area contributed by atoms with Crippen LogP contribution < -0.4 is 10.1 Å². The third-order valence-corrected chi connectivity index (χ3v) is 4.17. The summed E-state index contributed by atoms with van der Waals surface area (Å²) in [7, 11) is 0. The number of nitrogens with one attached hydrogen (secondary N) is 1. The smallest absolute Gasteiger partial charge is 0.151 e. The van der Waals surface area contributed by atoms with Crippen LogP contribution in [-0.2, 0) is 4.74 Å². The van der Waals surface area contributed by atoms with E-state index >= 15 is 0 Å². The molecule has 0 radical (unpaired) electrons. The van der Waals surface area contributed by atoms with E-state index in [-0.39, 0.29) is 12.2 Å². The number of halogens is 1. The van der Waals surface area contributed by atoms with Crippen molar-refractivity contribution in [2.75, 3.05) is 19.7 Å². The second-order valence-electron chi connectivity index (χ2n) is 4.99. The highest BCUT2D eigenvalue weighted by atomic mass is 74.9. The topological polar surface area (TPSA) is 30.5 Å². The average Bonchev–Trinajstić information content (AvgIpc) is 2.56. The maximum absolute atomic E-state index is 6.26. The Bertz CT molecular complexity index is 570. The number of hydrogen-bond acceptors (Lipinski definition) is 3. The molecular weight excluding hydrogens is 325 g/mol. The number of benzene rings is 2. The molecule has 1 aliphatic heterocycles. The summed E-state index contributed by atoms with van der Waals surface area (Å²) in [5.41, 5.74) is 1.13. The summed E-state index contributed by atoms with van der Waals surface area (Å²) in [5, 5.41) is 3.37. The molecule has 3 rings (SSSR count). The van der Waals surface area contributed by atoms with Crippen LogP contribution in [-0.4, -0.2) is 25.8 Å². The minimum atomic E-state index is -0.127. The van der Waals surface area contributed by atoms with Gasteiger partial charge in [-0.2, -0.15) is 0 Å². The SMILES string of the molecule is [75Br]c1ccccc1O[C@H](c1ccccc1)[C@H]1CNCCO1. The highest BCUT2D eigenvalue weighted by Gasteiger charge is 2.28. The Labute approximate surface area is 133 Å². The summed E-state index contributed by atoms with van der Waals surface area (Å²) in [4.78, 5) is 0. The first-order chi connectivity index (χ1) is 10.3. The molecule has 2 atom stereocenters. The summed E-state index contributed by atoms with van der Waals surface area (Å²) < 4.78 is 13.1. The number of rotatable bonds is 4. The first kappa shape index (κ1) is 14.6. The second kappa shape index (κ2) is 7.07. The van der Waals surface area contributed by atoms with Gasteiger partial charge in [0.1, 0.15) is 11.9 Å². The molecule has 3 nitrogen and oxygen atoms in total. The zero-order valence-electron chi connectivity index (χ0n) is 11.7. The highest BCUT2D eigenvalue weighted by Crippen LogP contribution is 2.31. The van der Waals surface area contributed by atoms with Gasteiger partial charge in [0, 0.05) is 13.1 Å². The molecule has 0 amide bonds. The quantitative estimate of drug-likeness (QED) is 0.921. The van der Waals surface area contributed by atoms with Crippen LogP contribution in [0.15, 0.2) is 59.1 Å². The zero-order valence-corrected chi connectivity index (χ0v) is 13.3. The first-order valence-electron chi connectivity index (χ1n) is 7.13. The van der Waals surface area contributed by atoms with E-state index < -0.39 is 0 Å². The first-order valence-corrected chi connectivity index (χ1v) is 7.92. The van der Waals surface area contributed by atoms with Crippen molar-refractivity contribution >= 4 is 15.9 Å². The summed E-state index contributed by atoms with van der Waals surface area (Å²) in [6, 6.07) is 18.1. The van der Waals surface area contributed by atoms with Crippen molar-refractivity contribution in [1.29, 1.82) is 0 Å². The molecule has 1 heterocycles. The Morgan fingerprint density at radius 1 is 1.10 bits per heavy atom. The molecule has 1 N–H and O–H groups in total. The normalized spacial score (nSPS) is 20.0. The van der Waals surface area contributed by atoms with Gasteiger partial charge in [-0.1, -0.05) is 42.5 Å². The summed E-state index contributed by atoms with van der Waals surface area (Å²) >= 11 is 3.54. The predicted octanol–water partition coefficient (Wildman–Crippen LogP) is 3.56. The van der Waals surface area contributed by atoms with Crippen LogP contribution in [0, 0.1) is 0 Å². The molecule has 110 valence electrons.